The SMILES string of the molecule is O=C(Cn1c(CO)nc2ccccc21)NC(c1ccccc1)c1ccccc1. The van der Waals surface area contributed by atoms with Crippen molar-refractivity contribution >= 4 is 16.9 Å². The summed E-state index contributed by atoms with van der Waals surface area (Å²) >= 11 is 0. The first-order chi connectivity index (χ1) is 13.8. The van der Waals surface area contributed by atoms with Gasteiger partial charge in [-0.15, -0.1) is 0 Å². The zero-order chi connectivity index (χ0) is 19.3. The summed E-state index contributed by atoms with van der Waals surface area (Å²) in [6.07, 6.45) is 0. The van der Waals surface area contributed by atoms with E-state index in [1.807, 2.05) is 84.9 Å². The van der Waals surface area contributed by atoms with Gasteiger partial charge in [-0.2, -0.15) is 0 Å². The highest BCUT2D eigenvalue weighted by Crippen LogP contribution is 2.22. The number of amides is 1. The van der Waals surface area contributed by atoms with Crippen LogP contribution in [0.1, 0.15) is 23.0 Å². The topological polar surface area (TPSA) is 67.2 Å². The van der Waals surface area contributed by atoms with Gasteiger partial charge in [-0.3, -0.25) is 4.79 Å². The van der Waals surface area contributed by atoms with Crippen molar-refractivity contribution in [3.05, 3.63) is 102 Å². The minimum Gasteiger partial charge on any atom is -0.388 e. The van der Waals surface area contributed by atoms with Gasteiger partial charge in [-0.25, -0.2) is 4.98 Å². The molecule has 0 aliphatic carbocycles. The Balaban J connectivity index is 1.63. The van der Waals surface area contributed by atoms with Gasteiger partial charge in [0, 0.05) is 0 Å². The van der Waals surface area contributed by atoms with E-state index in [-0.39, 0.29) is 25.1 Å². The molecule has 28 heavy (non-hydrogen) atoms. The van der Waals surface area contributed by atoms with Crippen LogP contribution in [0.3, 0.4) is 0 Å². The number of hydrogen-bond acceptors (Lipinski definition) is 3. The largest absolute Gasteiger partial charge is 0.388 e. The molecule has 0 aliphatic heterocycles. The Morgan fingerprint density at radius 2 is 1.46 bits per heavy atom. The molecular weight excluding hydrogens is 350 g/mol. The van der Waals surface area contributed by atoms with Crippen LogP contribution in [-0.2, 0) is 17.9 Å². The Labute approximate surface area is 163 Å². The predicted octanol–water partition coefficient (Wildman–Crippen LogP) is 3.43. The van der Waals surface area contributed by atoms with Gasteiger partial charge in [0.15, 0.2) is 0 Å². The molecule has 0 bridgehead atoms. The zero-order valence-corrected chi connectivity index (χ0v) is 15.3. The number of para-hydroxylation sites is 2. The summed E-state index contributed by atoms with van der Waals surface area (Å²) in [7, 11) is 0. The fourth-order valence-electron chi connectivity index (χ4n) is 3.42. The van der Waals surface area contributed by atoms with E-state index in [0.717, 1.165) is 22.2 Å². The summed E-state index contributed by atoms with van der Waals surface area (Å²) in [6, 6.07) is 27.1. The van der Waals surface area contributed by atoms with Gasteiger partial charge in [-0.05, 0) is 23.3 Å². The third-order valence-electron chi connectivity index (χ3n) is 4.75. The van der Waals surface area contributed by atoms with Crippen LogP contribution in [-0.4, -0.2) is 20.6 Å². The molecule has 0 radical (unpaired) electrons. The number of benzene rings is 3. The standard InChI is InChI=1S/C23H21N3O2/c27-16-21-24-19-13-7-8-14-20(19)26(21)15-22(28)25-23(17-9-3-1-4-10-17)18-11-5-2-6-12-18/h1-14,23,27H,15-16H2,(H,25,28). The van der Waals surface area contributed by atoms with Crippen molar-refractivity contribution in [2.75, 3.05) is 0 Å². The number of nitrogens with one attached hydrogen (secondary N) is 1. The average Bonchev–Trinajstić information content (AvgIpc) is 3.11. The molecule has 0 aliphatic rings. The maximum atomic E-state index is 12.9. The zero-order valence-electron chi connectivity index (χ0n) is 15.3. The molecule has 0 saturated carbocycles. The van der Waals surface area contributed by atoms with Gasteiger partial charge in [0.2, 0.25) is 5.91 Å². The number of carbonyl (C=O) groups excluding carboxylic acids is 1. The van der Waals surface area contributed by atoms with Crippen LogP contribution in [0.2, 0.25) is 0 Å². The van der Waals surface area contributed by atoms with Crippen molar-refractivity contribution < 1.29 is 9.90 Å². The van der Waals surface area contributed by atoms with E-state index in [1.165, 1.54) is 0 Å². The van der Waals surface area contributed by atoms with Gasteiger partial charge >= 0.3 is 0 Å². The molecule has 0 atom stereocenters. The van der Waals surface area contributed by atoms with Crippen molar-refractivity contribution in [1.82, 2.24) is 14.9 Å². The van der Waals surface area contributed by atoms with Crippen molar-refractivity contribution in [2.24, 2.45) is 0 Å². The Hall–Kier alpha value is -3.44. The van der Waals surface area contributed by atoms with Crippen LogP contribution in [0.5, 0.6) is 0 Å². The summed E-state index contributed by atoms with van der Waals surface area (Å²) in [5.41, 5.74) is 3.62. The third-order valence-corrected chi connectivity index (χ3v) is 4.75. The van der Waals surface area contributed by atoms with Gasteiger partial charge in [0.05, 0.1) is 17.1 Å². The van der Waals surface area contributed by atoms with Crippen molar-refractivity contribution in [3.63, 3.8) is 0 Å². The van der Waals surface area contributed by atoms with E-state index in [1.54, 1.807) is 4.57 Å². The lowest BCUT2D eigenvalue weighted by atomic mass is 9.99. The number of hydrogen-bond donors (Lipinski definition) is 2. The van der Waals surface area contributed by atoms with E-state index in [9.17, 15) is 9.90 Å². The summed E-state index contributed by atoms with van der Waals surface area (Å²) in [5, 5.41) is 12.8. The molecule has 0 fully saturated rings. The Bertz CT molecular complexity index is 1040. The second-order valence-electron chi connectivity index (χ2n) is 6.58. The highest BCUT2D eigenvalue weighted by molar-refractivity contribution is 5.81. The number of fused-ring (bicyclic) bond motifs is 1. The van der Waals surface area contributed by atoms with E-state index in [4.69, 9.17) is 0 Å². The van der Waals surface area contributed by atoms with Crippen molar-refractivity contribution in [3.8, 4) is 0 Å². The highest BCUT2D eigenvalue weighted by Gasteiger charge is 2.18. The smallest absolute Gasteiger partial charge is 0.240 e. The normalized spacial score (nSPS) is 11.1. The number of aromatic nitrogens is 2. The highest BCUT2D eigenvalue weighted by atomic mass is 16.3. The molecule has 1 heterocycles. The second-order valence-corrected chi connectivity index (χ2v) is 6.58. The summed E-state index contributed by atoms with van der Waals surface area (Å²) in [5.74, 6) is 0.336. The minimum atomic E-state index is -0.248. The first-order valence-electron chi connectivity index (χ1n) is 9.20. The van der Waals surface area contributed by atoms with Crippen LogP contribution in [0.4, 0.5) is 0 Å². The molecule has 0 spiro atoms. The summed E-state index contributed by atoms with van der Waals surface area (Å²) in [6.45, 7) is -0.130. The van der Waals surface area contributed by atoms with E-state index >= 15 is 0 Å². The van der Waals surface area contributed by atoms with Gasteiger partial charge in [-0.1, -0.05) is 72.8 Å². The summed E-state index contributed by atoms with van der Waals surface area (Å²) in [4.78, 5) is 17.4. The fourth-order valence-corrected chi connectivity index (χ4v) is 3.42. The van der Waals surface area contributed by atoms with Gasteiger partial charge < -0.3 is 15.0 Å². The minimum absolute atomic E-state index is 0.0899. The molecule has 5 nitrogen and oxygen atoms in total. The number of aliphatic hydroxyl groups is 1. The van der Waals surface area contributed by atoms with E-state index in [0.29, 0.717) is 5.82 Å². The molecular formula is C23H21N3O2. The summed E-state index contributed by atoms with van der Waals surface area (Å²) < 4.78 is 1.76. The first kappa shape index (κ1) is 17.9. The maximum absolute atomic E-state index is 12.9. The number of nitrogens with zero attached hydrogens (tertiary/aromatic N) is 2. The number of rotatable bonds is 6. The van der Waals surface area contributed by atoms with Crippen molar-refractivity contribution in [1.29, 1.82) is 0 Å². The Kier molecular flexibility index (Phi) is 5.17. The molecule has 3 aromatic carbocycles. The van der Waals surface area contributed by atoms with Gasteiger partial charge in [0.25, 0.3) is 0 Å². The third kappa shape index (κ3) is 3.66. The molecule has 0 unspecified atom stereocenters. The van der Waals surface area contributed by atoms with Crippen LogP contribution in [0.15, 0.2) is 84.9 Å². The van der Waals surface area contributed by atoms with Crippen LogP contribution < -0.4 is 5.32 Å². The molecule has 4 rings (SSSR count). The molecule has 140 valence electrons. The molecule has 2 N–H and O–H groups in total. The predicted molar refractivity (Wildman–Crippen MR) is 109 cm³/mol. The number of aliphatic hydroxyl groups excluding tert-OH is 1. The van der Waals surface area contributed by atoms with Crippen LogP contribution >= 0.6 is 0 Å². The lowest BCUT2D eigenvalue weighted by molar-refractivity contribution is -0.122. The molecule has 0 saturated heterocycles. The first-order valence-corrected chi connectivity index (χ1v) is 9.20. The molecule has 1 aromatic heterocycles. The average molecular weight is 371 g/mol. The van der Waals surface area contributed by atoms with Gasteiger partial charge in [0.1, 0.15) is 19.0 Å². The molecule has 5 heteroatoms. The van der Waals surface area contributed by atoms with Crippen LogP contribution in [0.25, 0.3) is 11.0 Å². The lowest BCUT2D eigenvalue weighted by Crippen LogP contribution is -2.32. The van der Waals surface area contributed by atoms with Crippen molar-refractivity contribution in [2.45, 2.75) is 19.2 Å². The number of imidazole rings is 1. The Morgan fingerprint density at radius 3 is 2.07 bits per heavy atom. The Morgan fingerprint density at radius 1 is 0.893 bits per heavy atom. The van der Waals surface area contributed by atoms with Crippen LogP contribution in [0, 0.1) is 0 Å². The number of carbonyl (C=O) groups is 1. The monoisotopic (exact) mass is 371 g/mol. The van der Waals surface area contributed by atoms with E-state index < -0.39 is 0 Å². The fraction of sp³-hybridized carbons (Fsp3) is 0.130. The second kappa shape index (κ2) is 8.06. The molecule has 1 amide bonds. The maximum Gasteiger partial charge on any atom is 0.240 e. The lowest BCUT2D eigenvalue weighted by Gasteiger charge is -2.20. The molecule has 4 aromatic rings. The van der Waals surface area contributed by atoms with E-state index in [2.05, 4.69) is 10.3 Å². The quantitative estimate of drug-likeness (QED) is 0.546.